The number of hydrogen-bond acceptors (Lipinski definition) is 4. The Labute approximate surface area is 160 Å². The van der Waals surface area contributed by atoms with Crippen LogP contribution in [0.1, 0.15) is 48.0 Å². The van der Waals surface area contributed by atoms with Gasteiger partial charge in [-0.15, -0.1) is 0 Å². The van der Waals surface area contributed by atoms with Gasteiger partial charge in [-0.05, 0) is 36.5 Å². The van der Waals surface area contributed by atoms with Crippen LogP contribution in [0.5, 0.6) is 5.75 Å². The number of carbonyl (C=O) groups is 2. The standard InChI is InChI=1S/C19H23F3N2O4/c1-18(8-27-9-18)15(7-16(23)25)24-17(26)12-4-5-13(11-2-3-11)14(6-12)28-10-19(20,21)22/h4-6,11,15H,2-3,7-10H2,1H3,(H2,23,25)(H,24,26). The summed E-state index contributed by atoms with van der Waals surface area (Å²) in [5, 5.41) is 2.77. The van der Waals surface area contributed by atoms with Crippen LogP contribution in [0.15, 0.2) is 18.2 Å². The van der Waals surface area contributed by atoms with Crippen molar-refractivity contribution in [3.63, 3.8) is 0 Å². The van der Waals surface area contributed by atoms with Crippen molar-refractivity contribution in [1.29, 1.82) is 0 Å². The first-order chi connectivity index (χ1) is 13.1. The smallest absolute Gasteiger partial charge is 0.422 e. The number of rotatable bonds is 8. The largest absolute Gasteiger partial charge is 0.484 e. The molecule has 1 aromatic carbocycles. The summed E-state index contributed by atoms with van der Waals surface area (Å²) in [5.41, 5.74) is 5.71. The molecule has 154 valence electrons. The molecule has 0 aromatic heterocycles. The summed E-state index contributed by atoms with van der Waals surface area (Å²) < 4.78 is 47.8. The molecule has 1 unspecified atom stereocenters. The summed E-state index contributed by atoms with van der Waals surface area (Å²) in [5.74, 6) is -0.832. The van der Waals surface area contributed by atoms with Crippen molar-refractivity contribution in [3.05, 3.63) is 29.3 Å². The monoisotopic (exact) mass is 400 g/mol. The molecule has 0 spiro atoms. The Balaban J connectivity index is 1.77. The summed E-state index contributed by atoms with van der Waals surface area (Å²) in [6.07, 6.45) is -2.76. The fourth-order valence-electron chi connectivity index (χ4n) is 3.23. The Morgan fingerprint density at radius 2 is 2.04 bits per heavy atom. The molecule has 2 fully saturated rings. The lowest BCUT2D eigenvalue weighted by atomic mass is 9.78. The second kappa shape index (κ2) is 7.62. The molecule has 9 heteroatoms. The molecule has 1 aromatic rings. The van der Waals surface area contributed by atoms with Crippen LogP contribution in [0.2, 0.25) is 0 Å². The fraction of sp³-hybridized carbons (Fsp3) is 0.579. The minimum Gasteiger partial charge on any atom is -0.484 e. The molecule has 2 amide bonds. The van der Waals surface area contributed by atoms with E-state index in [1.807, 2.05) is 6.92 Å². The van der Waals surface area contributed by atoms with Crippen molar-refractivity contribution in [2.24, 2.45) is 11.1 Å². The van der Waals surface area contributed by atoms with E-state index in [2.05, 4.69) is 5.32 Å². The average Bonchev–Trinajstić information content (AvgIpc) is 3.40. The molecule has 1 aliphatic heterocycles. The molecule has 1 saturated carbocycles. The highest BCUT2D eigenvalue weighted by atomic mass is 19.4. The highest BCUT2D eigenvalue weighted by Gasteiger charge is 2.43. The molecule has 28 heavy (non-hydrogen) atoms. The molecule has 1 saturated heterocycles. The van der Waals surface area contributed by atoms with Crippen LogP contribution in [0.4, 0.5) is 13.2 Å². The lowest BCUT2D eigenvalue weighted by molar-refractivity contribution is -0.153. The molecule has 3 rings (SSSR count). The first-order valence-electron chi connectivity index (χ1n) is 9.08. The van der Waals surface area contributed by atoms with E-state index in [1.165, 1.54) is 6.07 Å². The molecular formula is C19H23F3N2O4. The van der Waals surface area contributed by atoms with E-state index < -0.39 is 36.1 Å². The van der Waals surface area contributed by atoms with Crippen molar-refractivity contribution in [2.45, 2.75) is 44.3 Å². The predicted octanol–water partition coefficient (Wildman–Crippen LogP) is 2.52. The van der Waals surface area contributed by atoms with Crippen molar-refractivity contribution in [1.82, 2.24) is 5.32 Å². The van der Waals surface area contributed by atoms with E-state index in [4.69, 9.17) is 15.2 Å². The Morgan fingerprint density at radius 1 is 1.36 bits per heavy atom. The number of primary amides is 1. The van der Waals surface area contributed by atoms with Crippen molar-refractivity contribution in [2.75, 3.05) is 19.8 Å². The van der Waals surface area contributed by atoms with Crippen molar-refractivity contribution < 1.29 is 32.2 Å². The topological polar surface area (TPSA) is 90.7 Å². The van der Waals surface area contributed by atoms with Crippen LogP contribution in [0.3, 0.4) is 0 Å². The highest BCUT2D eigenvalue weighted by molar-refractivity contribution is 5.95. The van der Waals surface area contributed by atoms with Crippen LogP contribution in [-0.2, 0) is 9.53 Å². The third-order valence-electron chi connectivity index (χ3n) is 5.10. The van der Waals surface area contributed by atoms with Gasteiger partial charge in [0, 0.05) is 23.4 Å². The van der Waals surface area contributed by atoms with Gasteiger partial charge in [0.1, 0.15) is 5.75 Å². The maximum atomic E-state index is 12.7. The summed E-state index contributed by atoms with van der Waals surface area (Å²) >= 11 is 0. The lowest BCUT2D eigenvalue weighted by Gasteiger charge is -2.44. The second-order valence-corrected chi connectivity index (χ2v) is 7.77. The number of amides is 2. The maximum absolute atomic E-state index is 12.7. The molecule has 3 N–H and O–H groups in total. The van der Waals surface area contributed by atoms with Crippen LogP contribution in [0, 0.1) is 5.41 Å². The fourth-order valence-corrected chi connectivity index (χ4v) is 3.23. The number of ether oxygens (including phenoxy) is 2. The van der Waals surface area contributed by atoms with E-state index in [9.17, 15) is 22.8 Å². The molecule has 6 nitrogen and oxygen atoms in total. The zero-order valence-electron chi connectivity index (χ0n) is 15.5. The molecular weight excluding hydrogens is 377 g/mol. The molecule has 1 heterocycles. The molecule has 2 aliphatic rings. The van der Waals surface area contributed by atoms with Gasteiger partial charge in [0.15, 0.2) is 6.61 Å². The van der Waals surface area contributed by atoms with Crippen LogP contribution in [-0.4, -0.2) is 43.9 Å². The van der Waals surface area contributed by atoms with E-state index in [0.29, 0.717) is 18.8 Å². The van der Waals surface area contributed by atoms with Gasteiger partial charge in [0.2, 0.25) is 5.91 Å². The predicted molar refractivity (Wildman–Crippen MR) is 94.0 cm³/mol. The van der Waals surface area contributed by atoms with Gasteiger partial charge in [-0.1, -0.05) is 13.0 Å². The number of alkyl halides is 3. The van der Waals surface area contributed by atoms with Gasteiger partial charge in [-0.2, -0.15) is 13.2 Å². The number of carbonyl (C=O) groups excluding carboxylic acids is 2. The van der Waals surface area contributed by atoms with E-state index >= 15 is 0 Å². The number of halogens is 3. The summed E-state index contributed by atoms with van der Waals surface area (Å²) in [6.45, 7) is 1.22. The molecule has 1 aliphatic carbocycles. The number of hydrogen-bond donors (Lipinski definition) is 2. The van der Waals surface area contributed by atoms with Gasteiger partial charge < -0.3 is 20.5 Å². The first-order valence-corrected chi connectivity index (χ1v) is 9.08. The van der Waals surface area contributed by atoms with Gasteiger partial charge in [-0.25, -0.2) is 0 Å². The average molecular weight is 400 g/mol. The van der Waals surface area contributed by atoms with Gasteiger partial charge in [-0.3, -0.25) is 9.59 Å². The Hall–Kier alpha value is -2.29. The quantitative estimate of drug-likeness (QED) is 0.702. The van der Waals surface area contributed by atoms with E-state index in [1.54, 1.807) is 12.1 Å². The summed E-state index contributed by atoms with van der Waals surface area (Å²) in [7, 11) is 0. The number of nitrogens with one attached hydrogen (secondary N) is 1. The highest BCUT2D eigenvalue weighted by Crippen LogP contribution is 2.45. The Bertz CT molecular complexity index is 758. The molecule has 0 radical (unpaired) electrons. The first kappa shape index (κ1) is 20.4. The van der Waals surface area contributed by atoms with Gasteiger partial charge in [0.25, 0.3) is 5.91 Å². The molecule has 1 atom stereocenters. The number of benzene rings is 1. The zero-order valence-corrected chi connectivity index (χ0v) is 15.5. The van der Waals surface area contributed by atoms with Crippen LogP contribution >= 0.6 is 0 Å². The Morgan fingerprint density at radius 3 is 2.54 bits per heavy atom. The minimum absolute atomic E-state index is 0.0524. The van der Waals surface area contributed by atoms with Crippen LogP contribution < -0.4 is 15.8 Å². The van der Waals surface area contributed by atoms with Crippen molar-refractivity contribution >= 4 is 11.8 Å². The van der Waals surface area contributed by atoms with Gasteiger partial charge in [0.05, 0.1) is 13.2 Å². The summed E-state index contributed by atoms with van der Waals surface area (Å²) in [6, 6.07) is 3.99. The third-order valence-corrected chi connectivity index (χ3v) is 5.10. The third kappa shape index (κ3) is 4.95. The van der Waals surface area contributed by atoms with Gasteiger partial charge >= 0.3 is 6.18 Å². The maximum Gasteiger partial charge on any atom is 0.422 e. The van der Waals surface area contributed by atoms with Crippen molar-refractivity contribution in [3.8, 4) is 5.75 Å². The second-order valence-electron chi connectivity index (χ2n) is 7.77. The van der Waals surface area contributed by atoms with E-state index in [-0.39, 0.29) is 23.7 Å². The molecule has 0 bridgehead atoms. The minimum atomic E-state index is -4.47. The van der Waals surface area contributed by atoms with E-state index in [0.717, 1.165) is 12.8 Å². The number of nitrogens with two attached hydrogens (primary N) is 1. The zero-order chi connectivity index (χ0) is 20.5. The van der Waals surface area contributed by atoms with Crippen LogP contribution in [0.25, 0.3) is 0 Å². The lowest BCUT2D eigenvalue weighted by Crippen LogP contribution is -2.57. The normalized spacial score (nSPS) is 19.4. The SMILES string of the molecule is CC1(C(CC(N)=O)NC(=O)c2ccc(C3CC3)c(OCC(F)(F)F)c2)COC1. The summed E-state index contributed by atoms with van der Waals surface area (Å²) in [4.78, 5) is 24.1. The Kier molecular flexibility index (Phi) is 5.56.